The molecule has 0 spiro atoms. The maximum Gasteiger partial charge on any atom is 0.340 e. The maximum atomic E-state index is 11.2. The molecule has 0 saturated carbocycles. The number of anilines is 2. The molecule has 0 aliphatic carbocycles. The summed E-state index contributed by atoms with van der Waals surface area (Å²) < 4.78 is 4.08. The average Bonchev–Trinajstić information content (AvgIpc) is 2.64. The molecule has 0 fully saturated rings. The second-order valence-electron chi connectivity index (χ2n) is 4.22. The number of aromatic carboxylic acids is 1. The summed E-state index contributed by atoms with van der Waals surface area (Å²) in [6, 6.07) is 5.99. The van der Waals surface area contributed by atoms with E-state index in [2.05, 4.69) is 15.8 Å². The van der Waals surface area contributed by atoms with E-state index in [1.165, 1.54) is 17.1 Å². The van der Waals surface area contributed by atoms with Gasteiger partial charge in [-0.05, 0) is 43.9 Å². The van der Waals surface area contributed by atoms with Crippen molar-refractivity contribution < 1.29 is 9.90 Å². The molecule has 0 aliphatic rings. The van der Waals surface area contributed by atoms with Crippen LogP contribution in [-0.4, -0.2) is 15.4 Å². The Balaban J connectivity index is 2.37. The fourth-order valence-corrected chi connectivity index (χ4v) is 2.58. The lowest BCUT2D eigenvalue weighted by molar-refractivity contribution is 0.0697. The van der Waals surface area contributed by atoms with Crippen molar-refractivity contribution in [2.75, 3.05) is 5.32 Å². The largest absolute Gasteiger partial charge is 0.478 e. The zero-order chi connectivity index (χ0) is 13.3. The standard InChI is InChI=1S/C13H14N2O2S/c1-7-4-5-10(8(2)6-7)14-12-11(13(16)17)9(3)15-18-12/h4-6,14H,1-3H3,(H,16,17). The molecule has 0 amide bonds. The number of hydrogen-bond acceptors (Lipinski definition) is 4. The van der Waals surface area contributed by atoms with Gasteiger partial charge in [-0.2, -0.15) is 4.37 Å². The van der Waals surface area contributed by atoms with Gasteiger partial charge in [-0.1, -0.05) is 17.7 Å². The van der Waals surface area contributed by atoms with Gasteiger partial charge in [0, 0.05) is 5.69 Å². The Hall–Kier alpha value is -1.88. The van der Waals surface area contributed by atoms with Crippen LogP contribution in [0.25, 0.3) is 0 Å². The van der Waals surface area contributed by atoms with Crippen LogP contribution in [0.4, 0.5) is 10.7 Å². The Bertz CT molecular complexity index is 605. The van der Waals surface area contributed by atoms with E-state index in [0.29, 0.717) is 10.7 Å². The molecule has 0 aliphatic heterocycles. The molecule has 2 aromatic rings. The van der Waals surface area contributed by atoms with Crippen LogP contribution in [0.1, 0.15) is 27.2 Å². The number of benzene rings is 1. The number of nitrogens with zero attached hydrogens (tertiary/aromatic N) is 1. The van der Waals surface area contributed by atoms with Gasteiger partial charge >= 0.3 is 5.97 Å². The van der Waals surface area contributed by atoms with Crippen LogP contribution in [0.5, 0.6) is 0 Å². The Morgan fingerprint density at radius 3 is 2.67 bits per heavy atom. The first kappa shape index (κ1) is 12.6. The van der Waals surface area contributed by atoms with E-state index in [9.17, 15) is 4.79 Å². The minimum atomic E-state index is -0.950. The molecule has 0 unspecified atom stereocenters. The topological polar surface area (TPSA) is 62.2 Å². The SMILES string of the molecule is Cc1ccc(Nc2snc(C)c2C(=O)O)c(C)c1. The Labute approximate surface area is 109 Å². The summed E-state index contributed by atoms with van der Waals surface area (Å²) in [5.41, 5.74) is 3.96. The summed E-state index contributed by atoms with van der Waals surface area (Å²) >= 11 is 1.17. The second-order valence-corrected chi connectivity index (χ2v) is 4.99. The van der Waals surface area contributed by atoms with Crippen molar-refractivity contribution in [1.82, 2.24) is 4.37 Å². The van der Waals surface area contributed by atoms with Crippen molar-refractivity contribution in [2.24, 2.45) is 0 Å². The minimum Gasteiger partial charge on any atom is -0.478 e. The molecule has 18 heavy (non-hydrogen) atoms. The first-order valence-electron chi connectivity index (χ1n) is 5.53. The molecule has 0 bridgehead atoms. The highest BCUT2D eigenvalue weighted by Crippen LogP contribution is 2.29. The van der Waals surface area contributed by atoms with Gasteiger partial charge in [0.1, 0.15) is 10.6 Å². The zero-order valence-corrected chi connectivity index (χ0v) is 11.3. The van der Waals surface area contributed by atoms with E-state index in [4.69, 9.17) is 5.11 Å². The molecule has 0 radical (unpaired) electrons. The lowest BCUT2D eigenvalue weighted by Gasteiger charge is -2.09. The molecular weight excluding hydrogens is 248 g/mol. The van der Waals surface area contributed by atoms with E-state index >= 15 is 0 Å². The summed E-state index contributed by atoms with van der Waals surface area (Å²) in [7, 11) is 0. The molecule has 5 heteroatoms. The summed E-state index contributed by atoms with van der Waals surface area (Å²) in [6.07, 6.45) is 0. The number of carbonyl (C=O) groups is 1. The highest BCUT2D eigenvalue weighted by atomic mass is 32.1. The lowest BCUT2D eigenvalue weighted by Crippen LogP contribution is -2.02. The first-order chi connectivity index (χ1) is 8.49. The number of carboxylic acid groups (broad SMARTS) is 1. The Morgan fingerprint density at radius 2 is 2.06 bits per heavy atom. The summed E-state index contributed by atoms with van der Waals surface area (Å²) in [5, 5.41) is 12.9. The average molecular weight is 262 g/mol. The lowest BCUT2D eigenvalue weighted by atomic mass is 10.1. The van der Waals surface area contributed by atoms with E-state index in [1.54, 1.807) is 6.92 Å². The van der Waals surface area contributed by atoms with Crippen LogP contribution in [0, 0.1) is 20.8 Å². The molecule has 2 N–H and O–H groups in total. The van der Waals surface area contributed by atoms with Crippen molar-refractivity contribution in [2.45, 2.75) is 20.8 Å². The predicted molar refractivity (Wildman–Crippen MR) is 73.0 cm³/mol. The van der Waals surface area contributed by atoms with Gasteiger partial charge in [0.15, 0.2) is 0 Å². The van der Waals surface area contributed by atoms with Gasteiger partial charge in [0.05, 0.1) is 5.69 Å². The predicted octanol–water partition coefficient (Wildman–Crippen LogP) is 3.51. The van der Waals surface area contributed by atoms with Gasteiger partial charge in [-0.25, -0.2) is 4.79 Å². The number of carboxylic acids is 1. The summed E-state index contributed by atoms with van der Waals surface area (Å²) in [6.45, 7) is 5.72. The van der Waals surface area contributed by atoms with Crippen LogP contribution in [0.3, 0.4) is 0 Å². The smallest absolute Gasteiger partial charge is 0.340 e. The number of nitrogens with one attached hydrogen (secondary N) is 1. The first-order valence-corrected chi connectivity index (χ1v) is 6.30. The molecule has 1 aromatic heterocycles. The van der Waals surface area contributed by atoms with Crippen LogP contribution < -0.4 is 5.32 Å². The van der Waals surface area contributed by atoms with Gasteiger partial charge < -0.3 is 10.4 Å². The van der Waals surface area contributed by atoms with Gasteiger partial charge in [-0.15, -0.1) is 0 Å². The fourth-order valence-electron chi connectivity index (χ4n) is 1.78. The number of rotatable bonds is 3. The number of aromatic nitrogens is 1. The van der Waals surface area contributed by atoms with Crippen LogP contribution >= 0.6 is 11.5 Å². The molecule has 0 saturated heterocycles. The molecule has 4 nitrogen and oxygen atoms in total. The number of hydrogen-bond donors (Lipinski definition) is 2. The molecular formula is C13H14N2O2S. The number of aryl methyl sites for hydroxylation is 3. The monoisotopic (exact) mass is 262 g/mol. The van der Waals surface area contributed by atoms with E-state index < -0.39 is 5.97 Å². The summed E-state index contributed by atoms with van der Waals surface area (Å²) in [5.74, 6) is -0.950. The Morgan fingerprint density at radius 1 is 1.33 bits per heavy atom. The normalized spacial score (nSPS) is 10.4. The zero-order valence-electron chi connectivity index (χ0n) is 10.4. The highest BCUT2D eigenvalue weighted by Gasteiger charge is 2.17. The van der Waals surface area contributed by atoms with Gasteiger partial charge in [0.2, 0.25) is 0 Å². The summed E-state index contributed by atoms with van der Waals surface area (Å²) in [4.78, 5) is 11.2. The Kier molecular flexibility index (Phi) is 3.34. The third-order valence-corrected chi connectivity index (χ3v) is 3.56. The third-order valence-electron chi connectivity index (χ3n) is 2.71. The third kappa shape index (κ3) is 2.36. The molecule has 1 heterocycles. The molecule has 0 atom stereocenters. The molecule has 2 rings (SSSR count). The van der Waals surface area contributed by atoms with Crippen LogP contribution in [-0.2, 0) is 0 Å². The maximum absolute atomic E-state index is 11.2. The van der Waals surface area contributed by atoms with Crippen molar-refractivity contribution in [3.63, 3.8) is 0 Å². The van der Waals surface area contributed by atoms with E-state index in [1.807, 2.05) is 26.0 Å². The van der Waals surface area contributed by atoms with Crippen molar-refractivity contribution in [3.05, 3.63) is 40.6 Å². The van der Waals surface area contributed by atoms with E-state index in [-0.39, 0.29) is 5.56 Å². The van der Waals surface area contributed by atoms with Crippen molar-refractivity contribution in [3.8, 4) is 0 Å². The molecule has 1 aromatic carbocycles. The van der Waals surface area contributed by atoms with Gasteiger partial charge in [-0.3, -0.25) is 0 Å². The van der Waals surface area contributed by atoms with Crippen molar-refractivity contribution >= 4 is 28.2 Å². The van der Waals surface area contributed by atoms with Crippen LogP contribution in [0.2, 0.25) is 0 Å². The van der Waals surface area contributed by atoms with Gasteiger partial charge in [0.25, 0.3) is 0 Å². The van der Waals surface area contributed by atoms with E-state index in [0.717, 1.165) is 11.3 Å². The fraction of sp³-hybridized carbons (Fsp3) is 0.231. The quantitative estimate of drug-likeness (QED) is 0.888. The van der Waals surface area contributed by atoms with Crippen LogP contribution in [0.15, 0.2) is 18.2 Å². The highest BCUT2D eigenvalue weighted by molar-refractivity contribution is 7.10. The minimum absolute atomic E-state index is 0.250. The second kappa shape index (κ2) is 4.78. The molecule has 94 valence electrons. The van der Waals surface area contributed by atoms with Crippen molar-refractivity contribution in [1.29, 1.82) is 0 Å².